The van der Waals surface area contributed by atoms with Crippen LogP contribution in [0.4, 0.5) is 0 Å². The lowest BCUT2D eigenvalue weighted by Gasteiger charge is -2.09. The third-order valence-electron chi connectivity index (χ3n) is 3.06. The van der Waals surface area contributed by atoms with Gasteiger partial charge in [-0.1, -0.05) is 27.5 Å². The fourth-order valence-corrected chi connectivity index (χ4v) is 2.56. The van der Waals surface area contributed by atoms with E-state index in [4.69, 9.17) is 16.3 Å². The summed E-state index contributed by atoms with van der Waals surface area (Å²) in [7, 11) is 0. The van der Waals surface area contributed by atoms with E-state index in [1.54, 1.807) is 6.20 Å². The Hall–Kier alpha value is -1.10. The van der Waals surface area contributed by atoms with E-state index >= 15 is 0 Å². The molecule has 0 spiro atoms. The molecule has 1 heterocycles. The summed E-state index contributed by atoms with van der Waals surface area (Å²) < 4.78 is 6.71. The van der Waals surface area contributed by atoms with Crippen molar-refractivity contribution in [1.29, 1.82) is 0 Å². The summed E-state index contributed by atoms with van der Waals surface area (Å²) in [4.78, 5) is 4.21. The Morgan fingerprint density at radius 3 is 2.90 bits per heavy atom. The van der Waals surface area contributed by atoms with E-state index in [2.05, 4.69) is 26.2 Å². The molecule has 1 saturated carbocycles. The number of aromatic nitrogens is 1. The molecule has 104 valence electrons. The molecule has 2 aromatic rings. The summed E-state index contributed by atoms with van der Waals surface area (Å²) in [5, 5.41) is 4.03. The van der Waals surface area contributed by atoms with Crippen LogP contribution in [0.15, 0.2) is 41.1 Å². The predicted molar refractivity (Wildman–Crippen MR) is 83.3 cm³/mol. The van der Waals surface area contributed by atoms with E-state index in [-0.39, 0.29) is 0 Å². The zero-order valence-corrected chi connectivity index (χ0v) is 13.1. The number of halogens is 2. The molecule has 1 aromatic carbocycles. The number of ether oxygens (including phenoxy) is 1. The Labute approximate surface area is 131 Å². The van der Waals surface area contributed by atoms with Gasteiger partial charge in [0.25, 0.3) is 0 Å². The molecular formula is C15H14BrClN2O. The van der Waals surface area contributed by atoms with Crippen LogP contribution in [0, 0.1) is 0 Å². The Bertz CT molecular complexity index is 617. The largest absolute Gasteiger partial charge is 0.454 e. The molecule has 3 rings (SSSR count). The number of nitrogens with zero attached hydrogens (tertiary/aromatic N) is 1. The number of pyridine rings is 1. The third-order valence-corrected chi connectivity index (χ3v) is 3.85. The second-order valence-electron chi connectivity index (χ2n) is 4.86. The third kappa shape index (κ3) is 3.72. The molecule has 20 heavy (non-hydrogen) atoms. The van der Waals surface area contributed by atoms with Crippen LogP contribution in [0.1, 0.15) is 18.4 Å². The lowest BCUT2D eigenvalue weighted by atomic mass is 10.2. The topological polar surface area (TPSA) is 34.1 Å². The Morgan fingerprint density at radius 2 is 2.15 bits per heavy atom. The molecule has 0 radical (unpaired) electrons. The van der Waals surface area contributed by atoms with Crippen molar-refractivity contribution in [3.05, 3.63) is 51.7 Å². The van der Waals surface area contributed by atoms with Crippen molar-refractivity contribution in [3.63, 3.8) is 0 Å². The minimum Gasteiger partial charge on any atom is -0.454 e. The maximum absolute atomic E-state index is 6.14. The van der Waals surface area contributed by atoms with Gasteiger partial charge < -0.3 is 10.1 Å². The fourth-order valence-electron chi connectivity index (χ4n) is 1.85. The molecule has 0 aliphatic heterocycles. The van der Waals surface area contributed by atoms with Crippen molar-refractivity contribution in [2.75, 3.05) is 0 Å². The SMILES string of the molecule is Clc1cc(Br)ccc1Oc1cncc(CNC2CC2)c1. The van der Waals surface area contributed by atoms with Gasteiger partial charge in [0.1, 0.15) is 11.5 Å². The van der Waals surface area contributed by atoms with Crippen LogP contribution in [0.2, 0.25) is 5.02 Å². The smallest absolute Gasteiger partial charge is 0.146 e. The monoisotopic (exact) mass is 352 g/mol. The maximum atomic E-state index is 6.14. The van der Waals surface area contributed by atoms with Crippen molar-refractivity contribution < 1.29 is 4.74 Å². The molecule has 0 unspecified atom stereocenters. The first kappa shape index (κ1) is 13.9. The van der Waals surface area contributed by atoms with E-state index in [1.165, 1.54) is 12.8 Å². The maximum Gasteiger partial charge on any atom is 0.146 e. The zero-order valence-electron chi connectivity index (χ0n) is 10.8. The standard InChI is InChI=1S/C15H14BrClN2O/c16-11-1-4-15(14(17)6-11)20-13-5-10(7-18-9-13)8-19-12-2-3-12/h1,4-7,9,12,19H,2-3,8H2. The van der Waals surface area contributed by atoms with Gasteiger partial charge >= 0.3 is 0 Å². The summed E-state index contributed by atoms with van der Waals surface area (Å²) in [5.74, 6) is 1.33. The van der Waals surface area contributed by atoms with Crippen LogP contribution in [0.3, 0.4) is 0 Å². The molecule has 0 bridgehead atoms. The van der Waals surface area contributed by atoms with Crippen LogP contribution < -0.4 is 10.1 Å². The quantitative estimate of drug-likeness (QED) is 0.857. The van der Waals surface area contributed by atoms with Gasteiger partial charge in [0, 0.05) is 23.3 Å². The molecule has 1 aromatic heterocycles. The van der Waals surface area contributed by atoms with Crippen LogP contribution in [-0.2, 0) is 6.54 Å². The lowest BCUT2D eigenvalue weighted by Crippen LogP contribution is -2.15. The van der Waals surface area contributed by atoms with Gasteiger partial charge in [0.15, 0.2) is 0 Å². The van der Waals surface area contributed by atoms with Crippen molar-refractivity contribution >= 4 is 27.5 Å². The van der Waals surface area contributed by atoms with Crippen molar-refractivity contribution in [2.45, 2.75) is 25.4 Å². The molecule has 1 aliphatic carbocycles. The molecular weight excluding hydrogens is 340 g/mol. The van der Waals surface area contributed by atoms with Gasteiger partial charge in [-0.25, -0.2) is 0 Å². The Balaban J connectivity index is 1.70. The van der Waals surface area contributed by atoms with Crippen molar-refractivity contribution in [3.8, 4) is 11.5 Å². The van der Waals surface area contributed by atoms with Gasteiger partial charge in [-0.2, -0.15) is 0 Å². The number of hydrogen-bond donors (Lipinski definition) is 1. The Morgan fingerprint density at radius 1 is 1.30 bits per heavy atom. The van der Waals surface area contributed by atoms with Crippen LogP contribution in [0.25, 0.3) is 0 Å². The van der Waals surface area contributed by atoms with Gasteiger partial charge in [0.05, 0.1) is 11.2 Å². The molecule has 0 atom stereocenters. The summed E-state index contributed by atoms with van der Waals surface area (Å²) >= 11 is 9.52. The number of benzene rings is 1. The van der Waals surface area contributed by atoms with Gasteiger partial charge in [0.2, 0.25) is 0 Å². The van der Waals surface area contributed by atoms with E-state index in [0.717, 1.165) is 16.6 Å². The van der Waals surface area contributed by atoms with Crippen LogP contribution in [0.5, 0.6) is 11.5 Å². The summed E-state index contributed by atoms with van der Waals surface area (Å²) in [5.41, 5.74) is 1.11. The lowest BCUT2D eigenvalue weighted by molar-refractivity contribution is 0.479. The molecule has 3 nitrogen and oxygen atoms in total. The predicted octanol–water partition coefficient (Wildman–Crippen LogP) is 4.54. The fraction of sp³-hybridized carbons (Fsp3) is 0.267. The number of nitrogens with one attached hydrogen (secondary N) is 1. The Kier molecular flexibility index (Phi) is 4.24. The second kappa shape index (κ2) is 6.12. The number of hydrogen-bond acceptors (Lipinski definition) is 3. The van der Waals surface area contributed by atoms with E-state index in [1.807, 2.05) is 30.5 Å². The van der Waals surface area contributed by atoms with Gasteiger partial charge in [-0.15, -0.1) is 0 Å². The average Bonchev–Trinajstić information content (AvgIpc) is 3.24. The summed E-state index contributed by atoms with van der Waals surface area (Å²) in [6, 6.07) is 8.21. The summed E-state index contributed by atoms with van der Waals surface area (Å²) in [6.45, 7) is 0.822. The van der Waals surface area contributed by atoms with Crippen LogP contribution >= 0.6 is 27.5 Å². The highest BCUT2D eigenvalue weighted by Gasteiger charge is 2.20. The first-order valence-corrected chi connectivity index (χ1v) is 7.68. The highest BCUT2D eigenvalue weighted by molar-refractivity contribution is 9.10. The van der Waals surface area contributed by atoms with Gasteiger partial charge in [-0.05, 0) is 42.7 Å². The molecule has 0 amide bonds. The normalized spacial score (nSPS) is 14.3. The van der Waals surface area contributed by atoms with Crippen molar-refractivity contribution in [1.82, 2.24) is 10.3 Å². The van der Waals surface area contributed by atoms with E-state index < -0.39 is 0 Å². The van der Waals surface area contributed by atoms with Gasteiger partial charge in [-0.3, -0.25) is 4.98 Å². The minimum atomic E-state index is 0.570. The van der Waals surface area contributed by atoms with Crippen LogP contribution in [-0.4, -0.2) is 11.0 Å². The summed E-state index contributed by atoms with van der Waals surface area (Å²) in [6.07, 6.45) is 6.10. The minimum absolute atomic E-state index is 0.570. The highest BCUT2D eigenvalue weighted by Crippen LogP contribution is 2.31. The second-order valence-corrected chi connectivity index (χ2v) is 6.18. The van der Waals surface area contributed by atoms with E-state index in [0.29, 0.717) is 22.6 Å². The zero-order chi connectivity index (χ0) is 13.9. The molecule has 1 fully saturated rings. The molecule has 1 N–H and O–H groups in total. The highest BCUT2D eigenvalue weighted by atomic mass is 79.9. The average molecular weight is 354 g/mol. The first-order valence-electron chi connectivity index (χ1n) is 6.51. The molecule has 0 saturated heterocycles. The van der Waals surface area contributed by atoms with Crippen molar-refractivity contribution in [2.24, 2.45) is 0 Å². The van der Waals surface area contributed by atoms with E-state index in [9.17, 15) is 0 Å². The number of rotatable bonds is 5. The molecule has 1 aliphatic rings. The molecule has 5 heteroatoms. The first-order chi connectivity index (χ1) is 9.70.